The molecule has 1 fully saturated rings. The van der Waals surface area contributed by atoms with Crippen LogP contribution in [0.15, 0.2) is 18.2 Å². The van der Waals surface area contributed by atoms with Gasteiger partial charge in [0, 0.05) is 5.69 Å². The van der Waals surface area contributed by atoms with E-state index in [-0.39, 0.29) is 11.8 Å². The number of anilines is 1. The average molecular weight is 262 g/mol. The van der Waals surface area contributed by atoms with Gasteiger partial charge in [0.2, 0.25) is 11.8 Å². The van der Waals surface area contributed by atoms with E-state index in [4.69, 9.17) is 4.74 Å². The summed E-state index contributed by atoms with van der Waals surface area (Å²) in [6.45, 7) is 5.32. The van der Waals surface area contributed by atoms with Gasteiger partial charge in [-0.3, -0.25) is 14.5 Å². The summed E-state index contributed by atoms with van der Waals surface area (Å²) in [4.78, 5) is 25.6. The third kappa shape index (κ3) is 2.28. The number of hydrogen-bond acceptors (Lipinski definition) is 3. The van der Waals surface area contributed by atoms with Crippen LogP contribution < -0.4 is 15.0 Å². The number of methoxy groups -OCH3 is 1. The monoisotopic (exact) mass is 262 g/mol. The van der Waals surface area contributed by atoms with Gasteiger partial charge in [-0.15, -0.1) is 0 Å². The Bertz CT molecular complexity index is 527. The normalized spacial score (nSPS) is 23.3. The van der Waals surface area contributed by atoms with Gasteiger partial charge < -0.3 is 10.1 Å². The van der Waals surface area contributed by atoms with Gasteiger partial charge in [0.15, 0.2) is 0 Å². The van der Waals surface area contributed by atoms with Gasteiger partial charge in [-0.25, -0.2) is 0 Å². The highest BCUT2D eigenvalue weighted by molar-refractivity contribution is 6.08. The fourth-order valence-corrected chi connectivity index (χ4v) is 2.28. The third-order valence-corrected chi connectivity index (χ3v) is 3.39. The number of nitrogens with zero attached hydrogens (tertiary/aromatic N) is 1. The first kappa shape index (κ1) is 13.4. The van der Waals surface area contributed by atoms with E-state index in [1.807, 2.05) is 19.1 Å². The molecule has 2 unspecified atom stereocenters. The Hall–Kier alpha value is -2.04. The van der Waals surface area contributed by atoms with Crippen LogP contribution in [-0.4, -0.2) is 31.0 Å². The minimum absolute atomic E-state index is 0.100. The highest BCUT2D eigenvalue weighted by atomic mass is 16.5. The van der Waals surface area contributed by atoms with Gasteiger partial charge in [-0.2, -0.15) is 0 Å². The molecule has 1 saturated heterocycles. The molecular weight excluding hydrogens is 244 g/mol. The number of aryl methyl sites for hydroxylation is 1. The molecule has 1 heterocycles. The lowest BCUT2D eigenvalue weighted by Gasteiger charge is -2.36. The SMILES string of the molecule is COc1ccc(N2C(=O)C(C)NC(=O)C2C)cc1C. The second-order valence-electron chi connectivity index (χ2n) is 4.77. The zero-order valence-corrected chi connectivity index (χ0v) is 11.6. The standard InChI is InChI=1S/C14H18N2O3/c1-8-7-11(5-6-12(8)19-4)16-10(3)13(17)15-9(2)14(16)18/h5-7,9-10H,1-4H3,(H,15,17). The summed E-state index contributed by atoms with van der Waals surface area (Å²) in [6, 6.07) is 4.47. The van der Waals surface area contributed by atoms with Crippen molar-refractivity contribution >= 4 is 17.5 Å². The molecule has 0 aromatic heterocycles. The van der Waals surface area contributed by atoms with E-state index in [1.165, 1.54) is 4.90 Å². The molecule has 2 amide bonds. The summed E-state index contributed by atoms with van der Waals surface area (Å²) < 4.78 is 5.20. The molecule has 1 aliphatic rings. The number of hydrogen-bond donors (Lipinski definition) is 1. The van der Waals surface area contributed by atoms with Crippen molar-refractivity contribution in [2.75, 3.05) is 12.0 Å². The molecule has 2 rings (SSSR count). The molecule has 1 aliphatic heterocycles. The molecule has 0 saturated carbocycles. The average Bonchev–Trinajstić information content (AvgIpc) is 2.37. The maximum atomic E-state index is 12.2. The molecule has 0 spiro atoms. The Labute approximate surface area is 112 Å². The van der Waals surface area contributed by atoms with Crippen LogP contribution in [0.5, 0.6) is 5.75 Å². The van der Waals surface area contributed by atoms with Crippen molar-refractivity contribution < 1.29 is 14.3 Å². The number of carbonyl (C=O) groups is 2. The van der Waals surface area contributed by atoms with Gasteiger partial charge in [0.25, 0.3) is 0 Å². The first-order chi connectivity index (χ1) is 8.95. The Morgan fingerprint density at radius 3 is 2.53 bits per heavy atom. The quantitative estimate of drug-likeness (QED) is 0.872. The smallest absolute Gasteiger partial charge is 0.250 e. The van der Waals surface area contributed by atoms with Crippen molar-refractivity contribution in [3.05, 3.63) is 23.8 Å². The second-order valence-corrected chi connectivity index (χ2v) is 4.77. The number of piperazine rings is 1. The van der Waals surface area contributed by atoms with Crippen molar-refractivity contribution in [2.24, 2.45) is 0 Å². The molecule has 2 atom stereocenters. The highest BCUT2D eigenvalue weighted by Gasteiger charge is 2.36. The van der Waals surface area contributed by atoms with E-state index in [2.05, 4.69) is 5.32 Å². The van der Waals surface area contributed by atoms with Crippen LogP contribution in [0.25, 0.3) is 0 Å². The van der Waals surface area contributed by atoms with Crippen molar-refractivity contribution in [3.63, 3.8) is 0 Å². The summed E-state index contributed by atoms with van der Waals surface area (Å²) in [5, 5.41) is 2.66. The lowest BCUT2D eigenvalue weighted by atomic mass is 10.1. The third-order valence-electron chi connectivity index (χ3n) is 3.39. The predicted octanol–water partition coefficient (Wildman–Crippen LogP) is 1.24. The molecule has 19 heavy (non-hydrogen) atoms. The summed E-state index contributed by atoms with van der Waals surface area (Å²) in [5.74, 6) is 0.524. The lowest BCUT2D eigenvalue weighted by Crippen LogP contribution is -2.61. The van der Waals surface area contributed by atoms with Crippen LogP contribution in [0.1, 0.15) is 19.4 Å². The molecule has 102 valence electrons. The van der Waals surface area contributed by atoms with E-state index in [0.29, 0.717) is 0 Å². The number of ether oxygens (including phenoxy) is 1. The Balaban J connectivity index is 2.40. The van der Waals surface area contributed by atoms with Crippen LogP contribution in [0.2, 0.25) is 0 Å². The van der Waals surface area contributed by atoms with Gasteiger partial charge in [0.05, 0.1) is 7.11 Å². The largest absolute Gasteiger partial charge is 0.496 e. The number of carbonyl (C=O) groups excluding carboxylic acids is 2. The molecule has 1 aromatic carbocycles. The summed E-state index contributed by atoms with van der Waals surface area (Å²) in [7, 11) is 1.60. The number of nitrogens with one attached hydrogen (secondary N) is 1. The van der Waals surface area contributed by atoms with Gasteiger partial charge in [-0.05, 0) is 44.5 Å². The minimum atomic E-state index is -0.503. The van der Waals surface area contributed by atoms with E-state index in [1.54, 1.807) is 27.0 Å². The van der Waals surface area contributed by atoms with Gasteiger partial charge in [-0.1, -0.05) is 0 Å². The number of amides is 2. The fraction of sp³-hybridized carbons (Fsp3) is 0.429. The Morgan fingerprint density at radius 2 is 1.95 bits per heavy atom. The molecule has 1 aromatic rings. The van der Waals surface area contributed by atoms with E-state index < -0.39 is 12.1 Å². The number of benzene rings is 1. The second kappa shape index (κ2) is 4.91. The van der Waals surface area contributed by atoms with Crippen molar-refractivity contribution in [3.8, 4) is 5.75 Å². The first-order valence-corrected chi connectivity index (χ1v) is 6.23. The maximum Gasteiger partial charge on any atom is 0.250 e. The van der Waals surface area contributed by atoms with Crippen molar-refractivity contribution in [1.29, 1.82) is 0 Å². The minimum Gasteiger partial charge on any atom is -0.496 e. The fourth-order valence-electron chi connectivity index (χ4n) is 2.28. The van der Waals surface area contributed by atoms with E-state index in [0.717, 1.165) is 17.0 Å². The van der Waals surface area contributed by atoms with E-state index >= 15 is 0 Å². The van der Waals surface area contributed by atoms with Gasteiger partial charge >= 0.3 is 0 Å². The zero-order valence-electron chi connectivity index (χ0n) is 11.6. The molecule has 0 bridgehead atoms. The topological polar surface area (TPSA) is 58.6 Å². The van der Waals surface area contributed by atoms with Crippen LogP contribution in [0, 0.1) is 6.92 Å². The van der Waals surface area contributed by atoms with Crippen molar-refractivity contribution in [2.45, 2.75) is 32.9 Å². The molecule has 1 N–H and O–H groups in total. The zero-order chi connectivity index (χ0) is 14.2. The maximum absolute atomic E-state index is 12.2. The Morgan fingerprint density at radius 1 is 1.26 bits per heavy atom. The van der Waals surface area contributed by atoms with Crippen LogP contribution in [0.4, 0.5) is 5.69 Å². The van der Waals surface area contributed by atoms with Crippen LogP contribution >= 0.6 is 0 Å². The molecule has 5 nitrogen and oxygen atoms in total. The summed E-state index contributed by atoms with van der Waals surface area (Å²) in [5.41, 5.74) is 1.65. The van der Waals surface area contributed by atoms with Gasteiger partial charge in [0.1, 0.15) is 17.8 Å². The summed E-state index contributed by atoms with van der Waals surface area (Å²) in [6.07, 6.45) is 0. The van der Waals surface area contributed by atoms with E-state index in [9.17, 15) is 9.59 Å². The number of rotatable bonds is 2. The molecule has 0 aliphatic carbocycles. The molecule has 5 heteroatoms. The molecular formula is C14H18N2O3. The highest BCUT2D eigenvalue weighted by Crippen LogP contribution is 2.27. The summed E-state index contributed by atoms with van der Waals surface area (Å²) >= 11 is 0. The van der Waals surface area contributed by atoms with Crippen LogP contribution in [0.3, 0.4) is 0 Å². The molecule has 0 radical (unpaired) electrons. The predicted molar refractivity (Wildman–Crippen MR) is 72.3 cm³/mol. The Kier molecular flexibility index (Phi) is 3.46. The lowest BCUT2D eigenvalue weighted by molar-refractivity contribution is -0.133. The van der Waals surface area contributed by atoms with Crippen LogP contribution in [-0.2, 0) is 9.59 Å². The van der Waals surface area contributed by atoms with Crippen molar-refractivity contribution in [1.82, 2.24) is 5.32 Å². The first-order valence-electron chi connectivity index (χ1n) is 6.23.